The van der Waals surface area contributed by atoms with E-state index in [4.69, 9.17) is 5.73 Å². The van der Waals surface area contributed by atoms with Crippen LogP contribution in [0.3, 0.4) is 0 Å². The molecule has 1 aliphatic heterocycles. The third-order valence-corrected chi connectivity index (χ3v) is 4.90. The molecule has 0 spiro atoms. The van der Waals surface area contributed by atoms with Gasteiger partial charge in [0.1, 0.15) is 11.6 Å². The molecule has 0 radical (unpaired) electrons. The van der Waals surface area contributed by atoms with Gasteiger partial charge in [0, 0.05) is 19.2 Å². The van der Waals surface area contributed by atoms with E-state index < -0.39 is 21.7 Å². The smallest absolute Gasteiger partial charge is 0.243 e. The van der Waals surface area contributed by atoms with Gasteiger partial charge in [0.15, 0.2) is 0 Å². The molecule has 2 N–H and O–H groups in total. The normalized spacial score (nSPS) is 20.3. The summed E-state index contributed by atoms with van der Waals surface area (Å²) in [5, 5.41) is 0. The van der Waals surface area contributed by atoms with E-state index >= 15 is 0 Å². The lowest BCUT2D eigenvalue weighted by Crippen LogP contribution is -2.30. The van der Waals surface area contributed by atoms with E-state index in [1.165, 1.54) is 4.31 Å². The number of sulfonamides is 1. The van der Waals surface area contributed by atoms with Crippen LogP contribution in [-0.4, -0.2) is 32.4 Å². The Morgan fingerprint density at radius 1 is 1.26 bits per heavy atom. The fraction of sp³-hybridized carbons (Fsp3) is 0.455. The van der Waals surface area contributed by atoms with Gasteiger partial charge in [-0.1, -0.05) is 0 Å². The Morgan fingerprint density at radius 2 is 1.84 bits per heavy atom. The summed E-state index contributed by atoms with van der Waals surface area (Å²) in [4.78, 5) is -0.349. The summed E-state index contributed by atoms with van der Waals surface area (Å²) in [6.07, 6.45) is 0.674. The van der Waals surface area contributed by atoms with Crippen molar-refractivity contribution < 1.29 is 17.2 Å². The van der Waals surface area contributed by atoms with Gasteiger partial charge in [0.2, 0.25) is 10.0 Å². The highest BCUT2D eigenvalue weighted by Gasteiger charge is 2.32. The molecule has 1 saturated heterocycles. The van der Waals surface area contributed by atoms with Crippen LogP contribution in [0.4, 0.5) is 8.78 Å². The Kier molecular flexibility index (Phi) is 5.26. The predicted molar refractivity (Wildman–Crippen MR) is 69.5 cm³/mol. The number of nitrogens with two attached hydrogens (primary N) is 1. The minimum atomic E-state index is -3.83. The summed E-state index contributed by atoms with van der Waals surface area (Å²) in [5.74, 6) is -1.69. The summed E-state index contributed by atoms with van der Waals surface area (Å²) < 4.78 is 51.6. The SMILES string of the molecule is Cl.NCC1CCN(S(=O)(=O)c2cc(F)cc(F)c2)C1. The molecular formula is C11H15ClF2N2O2S. The van der Waals surface area contributed by atoms with E-state index in [0.717, 1.165) is 12.1 Å². The van der Waals surface area contributed by atoms with Crippen molar-refractivity contribution in [1.82, 2.24) is 4.31 Å². The summed E-state index contributed by atoms with van der Waals surface area (Å²) in [5.41, 5.74) is 5.48. The number of hydrogen-bond acceptors (Lipinski definition) is 3. The van der Waals surface area contributed by atoms with Crippen LogP contribution in [0.1, 0.15) is 6.42 Å². The van der Waals surface area contributed by atoms with Gasteiger partial charge in [0.25, 0.3) is 0 Å². The van der Waals surface area contributed by atoms with Crippen LogP contribution in [0.5, 0.6) is 0 Å². The van der Waals surface area contributed by atoms with Gasteiger partial charge in [0.05, 0.1) is 4.90 Å². The zero-order valence-corrected chi connectivity index (χ0v) is 11.7. The van der Waals surface area contributed by atoms with Crippen molar-refractivity contribution in [3.8, 4) is 0 Å². The largest absolute Gasteiger partial charge is 0.330 e. The molecule has 1 atom stereocenters. The van der Waals surface area contributed by atoms with Gasteiger partial charge in [-0.15, -0.1) is 12.4 Å². The summed E-state index contributed by atoms with van der Waals surface area (Å²) >= 11 is 0. The second-order valence-corrected chi connectivity index (χ2v) is 6.30. The molecule has 0 amide bonds. The fourth-order valence-corrected chi connectivity index (χ4v) is 3.61. The Balaban J connectivity index is 0.00000180. The molecule has 0 aliphatic carbocycles. The average Bonchev–Trinajstić information content (AvgIpc) is 2.76. The number of halogens is 3. The minimum absolute atomic E-state index is 0. The Hall–Kier alpha value is -0.760. The number of rotatable bonds is 3. The monoisotopic (exact) mass is 312 g/mol. The first-order valence-corrected chi connectivity index (χ1v) is 7.04. The molecule has 4 nitrogen and oxygen atoms in total. The van der Waals surface area contributed by atoms with Crippen molar-refractivity contribution in [2.24, 2.45) is 11.7 Å². The van der Waals surface area contributed by atoms with E-state index in [2.05, 4.69) is 0 Å². The first-order chi connectivity index (χ1) is 8.43. The fourth-order valence-electron chi connectivity index (χ4n) is 2.03. The number of hydrogen-bond donors (Lipinski definition) is 1. The third kappa shape index (κ3) is 3.42. The highest BCUT2D eigenvalue weighted by Crippen LogP contribution is 2.24. The van der Waals surface area contributed by atoms with E-state index in [0.29, 0.717) is 32.1 Å². The topological polar surface area (TPSA) is 63.4 Å². The molecular weight excluding hydrogens is 298 g/mol. The second kappa shape index (κ2) is 6.13. The second-order valence-electron chi connectivity index (χ2n) is 4.36. The van der Waals surface area contributed by atoms with Crippen molar-refractivity contribution in [2.75, 3.05) is 19.6 Å². The molecule has 1 unspecified atom stereocenters. The lowest BCUT2D eigenvalue weighted by molar-refractivity contribution is 0.457. The van der Waals surface area contributed by atoms with E-state index in [9.17, 15) is 17.2 Å². The third-order valence-electron chi connectivity index (χ3n) is 3.06. The van der Waals surface area contributed by atoms with Gasteiger partial charge < -0.3 is 5.73 Å². The number of nitrogens with zero attached hydrogens (tertiary/aromatic N) is 1. The molecule has 1 aromatic rings. The van der Waals surface area contributed by atoms with Crippen LogP contribution in [-0.2, 0) is 10.0 Å². The van der Waals surface area contributed by atoms with E-state index in [1.54, 1.807) is 0 Å². The van der Waals surface area contributed by atoms with Crippen LogP contribution in [0.15, 0.2) is 23.1 Å². The molecule has 108 valence electrons. The highest BCUT2D eigenvalue weighted by molar-refractivity contribution is 7.89. The first kappa shape index (κ1) is 16.3. The molecule has 0 bridgehead atoms. The maximum Gasteiger partial charge on any atom is 0.243 e. The first-order valence-electron chi connectivity index (χ1n) is 5.60. The molecule has 8 heteroatoms. The van der Waals surface area contributed by atoms with Crippen molar-refractivity contribution in [3.63, 3.8) is 0 Å². The molecule has 0 aromatic heterocycles. The van der Waals surface area contributed by atoms with Crippen LogP contribution in [0.2, 0.25) is 0 Å². The molecule has 19 heavy (non-hydrogen) atoms. The van der Waals surface area contributed by atoms with Gasteiger partial charge >= 0.3 is 0 Å². The van der Waals surface area contributed by atoms with Crippen molar-refractivity contribution in [3.05, 3.63) is 29.8 Å². The van der Waals surface area contributed by atoms with Crippen molar-refractivity contribution in [1.29, 1.82) is 0 Å². The van der Waals surface area contributed by atoms with Gasteiger partial charge in [-0.3, -0.25) is 0 Å². The minimum Gasteiger partial charge on any atom is -0.330 e. The summed E-state index contributed by atoms with van der Waals surface area (Å²) in [7, 11) is -3.83. The molecule has 2 rings (SSSR count). The molecule has 1 aromatic carbocycles. The molecule has 0 saturated carbocycles. The Bertz CT molecular complexity index is 533. The molecule has 1 aliphatic rings. The highest BCUT2D eigenvalue weighted by atomic mass is 35.5. The quantitative estimate of drug-likeness (QED) is 0.916. The van der Waals surface area contributed by atoms with Crippen molar-refractivity contribution >= 4 is 22.4 Å². The summed E-state index contributed by atoms with van der Waals surface area (Å²) in [6.45, 7) is 1.04. The molecule has 1 fully saturated rings. The summed E-state index contributed by atoms with van der Waals surface area (Å²) in [6, 6.07) is 2.30. The van der Waals surface area contributed by atoms with Crippen LogP contribution in [0, 0.1) is 17.6 Å². The maximum absolute atomic E-state index is 13.0. The van der Waals surface area contributed by atoms with E-state index in [1.807, 2.05) is 0 Å². The van der Waals surface area contributed by atoms with E-state index in [-0.39, 0.29) is 23.2 Å². The van der Waals surface area contributed by atoms with Gasteiger partial charge in [-0.2, -0.15) is 4.31 Å². The molecule has 1 heterocycles. The van der Waals surface area contributed by atoms with Gasteiger partial charge in [-0.05, 0) is 31.0 Å². The Morgan fingerprint density at radius 3 is 2.32 bits per heavy atom. The Labute approximate surface area is 117 Å². The standard InChI is InChI=1S/C11H14F2N2O2S.ClH/c12-9-3-10(13)5-11(4-9)18(16,17)15-2-1-8(6-14)7-15;/h3-5,8H,1-2,6-7,14H2;1H. The lowest BCUT2D eigenvalue weighted by Gasteiger charge is -2.16. The zero-order valence-electron chi connectivity index (χ0n) is 10.1. The van der Waals surface area contributed by atoms with Crippen molar-refractivity contribution in [2.45, 2.75) is 11.3 Å². The van der Waals surface area contributed by atoms with Gasteiger partial charge in [-0.25, -0.2) is 17.2 Å². The van der Waals surface area contributed by atoms with Crippen LogP contribution >= 0.6 is 12.4 Å². The van der Waals surface area contributed by atoms with Crippen LogP contribution < -0.4 is 5.73 Å². The zero-order chi connectivity index (χ0) is 13.3. The predicted octanol–water partition coefficient (Wildman–Crippen LogP) is 1.36. The van der Waals surface area contributed by atoms with Crippen LogP contribution in [0.25, 0.3) is 0 Å². The number of benzene rings is 1. The maximum atomic E-state index is 13.0. The lowest BCUT2D eigenvalue weighted by atomic mass is 10.1. The average molecular weight is 313 g/mol.